The fraction of sp³-hybridized carbons (Fsp3) is 0.778. The molecule has 1 N–H and O–H groups in total. The number of hydrogen-bond donors (Lipinski definition) is 1. The second-order valence-corrected chi connectivity index (χ2v) is 3.73. The van der Waals surface area contributed by atoms with Gasteiger partial charge >= 0.3 is 33.6 Å². The Bertz CT molecular complexity index is 210. The molecule has 5 heteroatoms. The number of carbonyl (C=O) groups excluding carboxylic acids is 1. The third kappa shape index (κ3) is 2.83. The van der Waals surface area contributed by atoms with Crippen molar-refractivity contribution in [2.45, 2.75) is 32.0 Å². The van der Waals surface area contributed by atoms with Crippen LogP contribution in [0.5, 0.6) is 0 Å². The van der Waals surface area contributed by atoms with Crippen LogP contribution in [0.25, 0.3) is 0 Å². The number of esters is 1. The number of carbonyl (C=O) groups is 1. The third-order valence-corrected chi connectivity index (χ3v) is 2.82. The molecule has 0 aromatic rings. The quantitative estimate of drug-likeness (QED) is 0.389. The van der Waals surface area contributed by atoms with Crippen LogP contribution in [0.2, 0.25) is 0 Å². The number of rotatable bonds is 1. The van der Waals surface area contributed by atoms with Crippen molar-refractivity contribution in [3.05, 3.63) is 6.42 Å². The molecule has 76 valence electrons. The Kier molecular flexibility index (Phi) is 5.93. The first-order valence-electron chi connectivity index (χ1n) is 4.37. The largest absolute Gasteiger partial charge is 1.00 e. The fourth-order valence-corrected chi connectivity index (χ4v) is 2.29. The molecule has 2 aliphatic rings. The molecule has 3 nitrogen and oxygen atoms in total. The number of halogens is 1. The van der Waals surface area contributed by atoms with E-state index in [0.29, 0.717) is 5.92 Å². The number of aliphatic hydroxyl groups is 1. The first kappa shape index (κ1) is 14.7. The van der Waals surface area contributed by atoms with E-state index < -0.39 is 0 Å². The molecule has 14 heavy (non-hydrogen) atoms. The molecule has 0 saturated heterocycles. The number of aliphatic hydroxyl groups excluding tert-OH is 1. The van der Waals surface area contributed by atoms with E-state index in [0.717, 1.165) is 12.8 Å². The van der Waals surface area contributed by atoms with Crippen molar-refractivity contribution in [1.29, 1.82) is 0 Å². The summed E-state index contributed by atoms with van der Waals surface area (Å²) >= 11 is 0. The summed E-state index contributed by atoms with van der Waals surface area (Å²) in [5, 5.41) is 9.40. The molecule has 2 bridgehead atoms. The van der Waals surface area contributed by atoms with Crippen molar-refractivity contribution in [1.82, 2.24) is 0 Å². The van der Waals surface area contributed by atoms with Gasteiger partial charge in [0.2, 0.25) is 0 Å². The molecule has 2 fully saturated rings. The number of hydrogen-bond acceptors (Lipinski definition) is 3. The van der Waals surface area contributed by atoms with Crippen LogP contribution in [0, 0.1) is 18.3 Å². The van der Waals surface area contributed by atoms with Crippen LogP contribution >= 0.6 is 0 Å². The van der Waals surface area contributed by atoms with Crippen molar-refractivity contribution in [3.63, 3.8) is 0 Å². The molecule has 0 aliphatic heterocycles. The SMILES string of the molecule is CC(=O)O[C@H]1[CH][C@H]2C[C@@H]1C[C@H]2O.[Cl-].[Hg+]. The Morgan fingerprint density at radius 1 is 1.50 bits per heavy atom. The minimum absolute atomic E-state index is 0. The first-order valence-corrected chi connectivity index (χ1v) is 4.37. The fourth-order valence-electron chi connectivity index (χ4n) is 2.29. The Balaban J connectivity index is 0.000000845. The molecular formula is C9H13ClHgO3. The van der Waals surface area contributed by atoms with Gasteiger partial charge in [0, 0.05) is 13.3 Å². The second-order valence-electron chi connectivity index (χ2n) is 3.73. The molecule has 2 saturated carbocycles. The number of ether oxygens (including phenoxy) is 1. The predicted octanol–water partition coefficient (Wildman–Crippen LogP) is -2.48. The van der Waals surface area contributed by atoms with E-state index in [9.17, 15) is 9.90 Å². The molecule has 0 unspecified atom stereocenters. The summed E-state index contributed by atoms with van der Waals surface area (Å²) in [7, 11) is 0. The van der Waals surface area contributed by atoms with Gasteiger partial charge in [0.25, 0.3) is 0 Å². The maximum absolute atomic E-state index is 10.7. The summed E-state index contributed by atoms with van der Waals surface area (Å²) in [6.07, 6.45) is 3.52. The van der Waals surface area contributed by atoms with Gasteiger partial charge in [-0.25, -0.2) is 0 Å². The summed E-state index contributed by atoms with van der Waals surface area (Å²) in [5.41, 5.74) is 0. The van der Waals surface area contributed by atoms with Gasteiger partial charge in [-0.3, -0.25) is 4.79 Å². The second kappa shape index (κ2) is 5.66. The monoisotopic (exact) mass is 406 g/mol. The van der Waals surface area contributed by atoms with Crippen LogP contribution in [0.3, 0.4) is 0 Å². The van der Waals surface area contributed by atoms with E-state index in [-0.39, 0.29) is 64.2 Å². The van der Waals surface area contributed by atoms with E-state index in [4.69, 9.17) is 4.74 Å². The van der Waals surface area contributed by atoms with E-state index in [2.05, 4.69) is 0 Å². The summed E-state index contributed by atoms with van der Waals surface area (Å²) in [6.45, 7) is 1.43. The van der Waals surface area contributed by atoms with Gasteiger partial charge in [-0.15, -0.1) is 0 Å². The first-order chi connectivity index (χ1) is 5.66. The summed E-state index contributed by atoms with van der Waals surface area (Å²) in [6, 6.07) is 0. The average molecular weight is 405 g/mol. The number of fused-ring (bicyclic) bond motifs is 2. The maximum Gasteiger partial charge on any atom is 1.00 e. The van der Waals surface area contributed by atoms with Crippen molar-refractivity contribution in [3.8, 4) is 0 Å². The van der Waals surface area contributed by atoms with Crippen LogP contribution in [0.15, 0.2) is 0 Å². The van der Waals surface area contributed by atoms with E-state index in [1.165, 1.54) is 6.92 Å². The van der Waals surface area contributed by atoms with Crippen LogP contribution in [0.1, 0.15) is 19.8 Å². The molecule has 2 radical (unpaired) electrons. The average Bonchev–Trinajstić information content (AvgIpc) is 2.44. The minimum Gasteiger partial charge on any atom is -1.00 e. The van der Waals surface area contributed by atoms with Gasteiger partial charge in [-0.1, -0.05) is 0 Å². The minimum atomic E-state index is -0.224. The van der Waals surface area contributed by atoms with Gasteiger partial charge in [0.15, 0.2) is 0 Å². The summed E-state index contributed by atoms with van der Waals surface area (Å²) in [5.74, 6) is 0.409. The van der Waals surface area contributed by atoms with Gasteiger partial charge < -0.3 is 22.3 Å². The van der Waals surface area contributed by atoms with Crippen LogP contribution in [-0.2, 0) is 37.2 Å². The Morgan fingerprint density at radius 2 is 2.14 bits per heavy atom. The van der Waals surface area contributed by atoms with Gasteiger partial charge in [-0.05, 0) is 24.7 Å². The van der Waals surface area contributed by atoms with Crippen molar-refractivity contribution in [2.24, 2.45) is 11.8 Å². The zero-order valence-electron chi connectivity index (χ0n) is 8.15. The third-order valence-electron chi connectivity index (χ3n) is 2.82. The standard InChI is InChI=1S/C9H13O3.ClH.Hg/c1-5(10)12-9-4-6-2-7(9)3-8(6)11;;/h4,6-9,11H,2-3H2,1H3;1H;/q;;+1/p-1/t6-,7-,8-,9+;;/m1../s1. The molecule has 4 atom stereocenters. The molecule has 0 aromatic carbocycles. The Labute approximate surface area is 111 Å². The van der Waals surface area contributed by atoms with Crippen LogP contribution in [0.4, 0.5) is 0 Å². The molecule has 0 spiro atoms. The Hall–Kier alpha value is 0.655. The van der Waals surface area contributed by atoms with Gasteiger partial charge in [0.05, 0.1) is 6.10 Å². The molecule has 0 amide bonds. The molecule has 2 aliphatic carbocycles. The smallest absolute Gasteiger partial charge is 1.00 e. The van der Waals surface area contributed by atoms with Crippen molar-refractivity contribution >= 4 is 5.97 Å². The molecular weight excluding hydrogens is 392 g/mol. The van der Waals surface area contributed by atoms with Crippen molar-refractivity contribution in [2.75, 3.05) is 0 Å². The zero-order chi connectivity index (χ0) is 8.72. The van der Waals surface area contributed by atoms with Crippen LogP contribution in [-0.4, -0.2) is 23.3 Å². The van der Waals surface area contributed by atoms with E-state index in [1.54, 1.807) is 0 Å². The summed E-state index contributed by atoms with van der Waals surface area (Å²) < 4.78 is 5.09. The molecule has 0 heterocycles. The van der Waals surface area contributed by atoms with E-state index >= 15 is 0 Å². The Morgan fingerprint density at radius 3 is 2.50 bits per heavy atom. The summed E-state index contributed by atoms with van der Waals surface area (Å²) in [4.78, 5) is 10.7. The topological polar surface area (TPSA) is 46.5 Å². The van der Waals surface area contributed by atoms with Gasteiger partial charge in [0.1, 0.15) is 6.10 Å². The zero-order valence-corrected chi connectivity index (χ0v) is 14.4. The van der Waals surface area contributed by atoms with E-state index in [1.807, 2.05) is 6.42 Å². The maximum atomic E-state index is 10.7. The molecule has 0 aromatic heterocycles. The van der Waals surface area contributed by atoms with Gasteiger partial charge in [-0.2, -0.15) is 0 Å². The van der Waals surface area contributed by atoms with Crippen LogP contribution < -0.4 is 12.4 Å². The normalized spacial score (nSPS) is 38.4. The predicted molar refractivity (Wildman–Crippen MR) is 42.1 cm³/mol. The van der Waals surface area contributed by atoms with Crippen molar-refractivity contribution < 1.29 is 54.7 Å². The molecule has 2 rings (SSSR count).